The van der Waals surface area contributed by atoms with Gasteiger partial charge in [-0.05, 0) is 28.1 Å². The smallest absolute Gasteiger partial charge is 0.186 e. The number of hydrogen-bond donors (Lipinski definition) is 0. The number of rotatable bonds is 2. The van der Waals surface area contributed by atoms with E-state index in [0.29, 0.717) is 5.56 Å². The van der Waals surface area contributed by atoms with Crippen molar-refractivity contribution in [3.05, 3.63) is 41.2 Å². The molecule has 2 nitrogen and oxygen atoms in total. The molecular formula is C8H6BrNO. The molecule has 3 heteroatoms. The Labute approximate surface area is 73.1 Å². The second kappa shape index (κ2) is 3.44. The third-order valence-corrected chi connectivity index (χ3v) is 1.61. The molecular weight excluding hydrogens is 206 g/mol. The van der Waals surface area contributed by atoms with Gasteiger partial charge in [0, 0.05) is 22.4 Å². The van der Waals surface area contributed by atoms with E-state index in [0.717, 1.165) is 4.47 Å². The van der Waals surface area contributed by atoms with Crippen LogP contribution < -0.4 is 0 Å². The minimum absolute atomic E-state index is 0.112. The van der Waals surface area contributed by atoms with Crippen molar-refractivity contribution in [3.63, 3.8) is 0 Å². The quantitative estimate of drug-likeness (QED) is 0.555. The Morgan fingerprint density at radius 3 is 2.91 bits per heavy atom. The Balaban J connectivity index is 3.05. The molecule has 1 heterocycles. The molecule has 0 aliphatic heterocycles. The van der Waals surface area contributed by atoms with Crippen LogP contribution in [0, 0.1) is 0 Å². The average Bonchev–Trinajstić information content (AvgIpc) is 2.03. The molecule has 0 fully saturated rings. The minimum Gasteiger partial charge on any atom is -0.289 e. The molecule has 1 aromatic rings. The van der Waals surface area contributed by atoms with Gasteiger partial charge in [0.05, 0.1) is 0 Å². The van der Waals surface area contributed by atoms with E-state index in [1.807, 2.05) is 0 Å². The number of nitrogens with zero attached hydrogens (tertiary/aromatic N) is 1. The number of carbonyl (C=O) groups excluding carboxylic acids is 1. The van der Waals surface area contributed by atoms with Crippen LogP contribution in [0.15, 0.2) is 35.6 Å². The fourth-order valence-corrected chi connectivity index (χ4v) is 1.03. The first-order valence-corrected chi connectivity index (χ1v) is 3.80. The Bertz CT molecular complexity index is 296. The lowest BCUT2D eigenvalue weighted by Gasteiger charge is -1.93. The lowest BCUT2D eigenvalue weighted by Crippen LogP contribution is -1.93. The lowest BCUT2D eigenvalue weighted by atomic mass is 10.2. The highest BCUT2D eigenvalue weighted by Gasteiger charge is 2.00. The van der Waals surface area contributed by atoms with Crippen LogP contribution in [-0.4, -0.2) is 10.8 Å². The maximum atomic E-state index is 11.0. The number of allylic oxidation sites excluding steroid dienone is 1. The van der Waals surface area contributed by atoms with Crippen molar-refractivity contribution in [2.75, 3.05) is 0 Å². The number of ketones is 1. The van der Waals surface area contributed by atoms with Crippen molar-refractivity contribution >= 4 is 21.7 Å². The van der Waals surface area contributed by atoms with Gasteiger partial charge >= 0.3 is 0 Å². The van der Waals surface area contributed by atoms with E-state index in [1.54, 1.807) is 12.3 Å². The molecule has 0 amide bonds. The SMILES string of the molecule is C=CC(=O)c1cncc(Br)c1. The van der Waals surface area contributed by atoms with Crippen molar-refractivity contribution in [1.82, 2.24) is 4.98 Å². The maximum Gasteiger partial charge on any atom is 0.186 e. The van der Waals surface area contributed by atoms with Gasteiger partial charge in [0.25, 0.3) is 0 Å². The highest BCUT2D eigenvalue weighted by atomic mass is 79.9. The predicted molar refractivity (Wildman–Crippen MR) is 46.5 cm³/mol. The third kappa shape index (κ3) is 1.98. The molecule has 1 rings (SSSR count). The van der Waals surface area contributed by atoms with E-state index in [1.165, 1.54) is 12.3 Å². The zero-order valence-corrected chi connectivity index (χ0v) is 7.34. The Morgan fingerprint density at radius 1 is 1.64 bits per heavy atom. The summed E-state index contributed by atoms with van der Waals surface area (Å²) in [5.41, 5.74) is 0.550. The largest absolute Gasteiger partial charge is 0.289 e. The summed E-state index contributed by atoms with van der Waals surface area (Å²) in [6.45, 7) is 3.37. The second-order valence-electron chi connectivity index (χ2n) is 1.96. The van der Waals surface area contributed by atoms with E-state index in [4.69, 9.17) is 0 Å². The van der Waals surface area contributed by atoms with Gasteiger partial charge in [-0.25, -0.2) is 0 Å². The summed E-state index contributed by atoms with van der Waals surface area (Å²) in [4.78, 5) is 14.8. The van der Waals surface area contributed by atoms with Gasteiger partial charge in [-0.2, -0.15) is 0 Å². The van der Waals surface area contributed by atoms with Gasteiger partial charge in [-0.3, -0.25) is 9.78 Å². The topological polar surface area (TPSA) is 30.0 Å². The molecule has 0 bridgehead atoms. The van der Waals surface area contributed by atoms with Crippen LogP contribution in [-0.2, 0) is 0 Å². The van der Waals surface area contributed by atoms with Gasteiger partial charge in [0.2, 0.25) is 0 Å². The fourth-order valence-electron chi connectivity index (χ4n) is 0.664. The fraction of sp³-hybridized carbons (Fsp3) is 0. The highest BCUT2D eigenvalue weighted by molar-refractivity contribution is 9.10. The molecule has 0 atom stereocenters. The molecule has 0 aliphatic carbocycles. The first-order chi connectivity index (χ1) is 5.24. The molecule has 0 radical (unpaired) electrons. The zero-order chi connectivity index (χ0) is 8.27. The van der Waals surface area contributed by atoms with Gasteiger partial charge in [0.1, 0.15) is 0 Å². The molecule has 0 N–H and O–H groups in total. The molecule has 56 valence electrons. The molecule has 11 heavy (non-hydrogen) atoms. The second-order valence-corrected chi connectivity index (χ2v) is 2.88. The van der Waals surface area contributed by atoms with E-state index in [9.17, 15) is 4.79 Å². The molecule has 0 unspecified atom stereocenters. The summed E-state index contributed by atoms with van der Waals surface area (Å²) in [5, 5.41) is 0. The molecule has 0 aliphatic rings. The van der Waals surface area contributed by atoms with Crippen LogP contribution in [0.3, 0.4) is 0 Å². The van der Waals surface area contributed by atoms with Crippen molar-refractivity contribution in [3.8, 4) is 0 Å². The number of hydrogen-bond acceptors (Lipinski definition) is 2. The standard InChI is InChI=1S/C8H6BrNO/c1-2-8(11)6-3-7(9)5-10-4-6/h2-5H,1H2. The Kier molecular flexibility index (Phi) is 2.54. The summed E-state index contributed by atoms with van der Waals surface area (Å²) >= 11 is 3.21. The van der Waals surface area contributed by atoms with E-state index in [-0.39, 0.29) is 5.78 Å². The normalized spacial score (nSPS) is 9.18. The van der Waals surface area contributed by atoms with Crippen LogP contribution in [0.1, 0.15) is 10.4 Å². The number of pyridine rings is 1. The molecule has 0 aromatic carbocycles. The first-order valence-electron chi connectivity index (χ1n) is 3.01. The van der Waals surface area contributed by atoms with Gasteiger partial charge < -0.3 is 0 Å². The van der Waals surface area contributed by atoms with E-state index < -0.39 is 0 Å². The number of halogens is 1. The summed E-state index contributed by atoms with van der Waals surface area (Å²) in [5.74, 6) is -0.112. The van der Waals surface area contributed by atoms with E-state index >= 15 is 0 Å². The van der Waals surface area contributed by atoms with Crippen LogP contribution in [0.4, 0.5) is 0 Å². The molecule has 0 spiro atoms. The highest BCUT2D eigenvalue weighted by Crippen LogP contribution is 2.09. The van der Waals surface area contributed by atoms with Crippen LogP contribution in [0.5, 0.6) is 0 Å². The number of carbonyl (C=O) groups is 1. The first kappa shape index (κ1) is 8.14. The van der Waals surface area contributed by atoms with Crippen LogP contribution in [0.2, 0.25) is 0 Å². The van der Waals surface area contributed by atoms with Crippen molar-refractivity contribution in [2.24, 2.45) is 0 Å². The molecule has 0 saturated heterocycles. The summed E-state index contributed by atoms with van der Waals surface area (Å²) in [6.07, 6.45) is 4.40. The van der Waals surface area contributed by atoms with Gasteiger partial charge in [-0.15, -0.1) is 0 Å². The number of aromatic nitrogens is 1. The average molecular weight is 212 g/mol. The van der Waals surface area contributed by atoms with Gasteiger partial charge in [-0.1, -0.05) is 6.58 Å². The van der Waals surface area contributed by atoms with Crippen LogP contribution in [0.25, 0.3) is 0 Å². The minimum atomic E-state index is -0.112. The van der Waals surface area contributed by atoms with Crippen molar-refractivity contribution in [1.29, 1.82) is 0 Å². The predicted octanol–water partition coefficient (Wildman–Crippen LogP) is 2.21. The summed E-state index contributed by atoms with van der Waals surface area (Å²) < 4.78 is 0.796. The zero-order valence-electron chi connectivity index (χ0n) is 5.75. The monoisotopic (exact) mass is 211 g/mol. The lowest BCUT2D eigenvalue weighted by molar-refractivity contribution is 0.104. The van der Waals surface area contributed by atoms with Crippen LogP contribution >= 0.6 is 15.9 Å². The van der Waals surface area contributed by atoms with E-state index in [2.05, 4.69) is 27.5 Å². The van der Waals surface area contributed by atoms with Gasteiger partial charge in [0.15, 0.2) is 5.78 Å². The summed E-state index contributed by atoms with van der Waals surface area (Å²) in [6, 6.07) is 1.71. The maximum absolute atomic E-state index is 11.0. The Morgan fingerprint density at radius 2 is 2.36 bits per heavy atom. The molecule has 0 saturated carbocycles. The van der Waals surface area contributed by atoms with Crippen molar-refractivity contribution < 1.29 is 4.79 Å². The Hall–Kier alpha value is -0.960. The third-order valence-electron chi connectivity index (χ3n) is 1.17. The molecule has 1 aromatic heterocycles. The summed E-state index contributed by atoms with van der Waals surface area (Å²) in [7, 11) is 0. The van der Waals surface area contributed by atoms with Crippen molar-refractivity contribution in [2.45, 2.75) is 0 Å².